The molecule has 0 amide bonds. The summed E-state index contributed by atoms with van der Waals surface area (Å²) < 4.78 is 6.76. The normalized spacial score (nSPS) is 27.3. The van der Waals surface area contributed by atoms with Gasteiger partial charge in [0, 0.05) is 16.3 Å². The number of hydrogen-bond donors (Lipinski definition) is 1. The first kappa shape index (κ1) is 12.2. The van der Waals surface area contributed by atoms with Crippen LogP contribution < -0.4 is 4.74 Å². The third-order valence-corrected chi connectivity index (χ3v) is 4.09. The molecule has 0 radical (unpaired) electrons. The van der Waals surface area contributed by atoms with E-state index in [1.807, 2.05) is 26.0 Å². The van der Waals surface area contributed by atoms with Gasteiger partial charge in [-0.25, -0.2) is 0 Å². The second kappa shape index (κ2) is 4.21. The average Bonchev–Trinajstić information content (AvgIpc) is 2.23. The molecule has 1 saturated carbocycles. The van der Waals surface area contributed by atoms with Crippen molar-refractivity contribution in [1.29, 1.82) is 0 Å². The van der Waals surface area contributed by atoms with Gasteiger partial charge in [0.1, 0.15) is 11.9 Å². The number of ether oxygens (including phenoxy) is 1. The maximum absolute atomic E-state index is 9.63. The first-order valence-electron chi connectivity index (χ1n) is 5.21. The van der Waals surface area contributed by atoms with Crippen LogP contribution in [-0.4, -0.2) is 17.3 Å². The Kier molecular flexibility index (Phi) is 3.21. The Morgan fingerprint density at radius 3 is 2.75 bits per heavy atom. The van der Waals surface area contributed by atoms with Crippen LogP contribution in [-0.2, 0) is 0 Å². The van der Waals surface area contributed by atoms with Crippen LogP contribution in [0.4, 0.5) is 0 Å². The molecule has 0 bridgehead atoms. The summed E-state index contributed by atoms with van der Waals surface area (Å²) in [6.45, 7) is 4.00. The largest absolute Gasteiger partial charge is 0.488 e. The summed E-state index contributed by atoms with van der Waals surface area (Å²) in [6, 6.07) is 5.52. The SMILES string of the molecule is CC1(C)C(O)CC1Oc1cc(Br)ccc1Cl. The summed E-state index contributed by atoms with van der Waals surface area (Å²) in [5.41, 5.74) is -0.203. The summed E-state index contributed by atoms with van der Waals surface area (Å²) in [7, 11) is 0. The highest BCUT2D eigenvalue weighted by Crippen LogP contribution is 2.44. The molecular formula is C12H14BrClO2. The van der Waals surface area contributed by atoms with Crippen molar-refractivity contribution in [3.63, 3.8) is 0 Å². The zero-order valence-electron chi connectivity index (χ0n) is 9.21. The van der Waals surface area contributed by atoms with Crippen molar-refractivity contribution in [3.05, 3.63) is 27.7 Å². The van der Waals surface area contributed by atoms with Crippen molar-refractivity contribution in [2.45, 2.75) is 32.5 Å². The molecule has 2 atom stereocenters. The van der Waals surface area contributed by atoms with E-state index in [1.54, 1.807) is 6.07 Å². The molecule has 88 valence electrons. The molecule has 1 aliphatic carbocycles. The standard InChI is InChI=1S/C12H14BrClO2/c1-12(2)10(15)6-11(12)16-9-5-7(13)3-4-8(9)14/h3-5,10-11,15H,6H2,1-2H3. The van der Waals surface area contributed by atoms with Gasteiger partial charge in [0.05, 0.1) is 11.1 Å². The number of aliphatic hydroxyl groups is 1. The van der Waals surface area contributed by atoms with E-state index in [0.717, 1.165) is 4.47 Å². The van der Waals surface area contributed by atoms with E-state index < -0.39 is 0 Å². The maximum atomic E-state index is 9.63. The lowest BCUT2D eigenvalue weighted by Crippen LogP contribution is -2.56. The highest BCUT2D eigenvalue weighted by molar-refractivity contribution is 9.10. The molecule has 0 aromatic heterocycles. The number of benzene rings is 1. The van der Waals surface area contributed by atoms with Crippen molar-refractivity contribution < 1.29 is 9.84 Å². The second-order valence-electron chi connectivity index (χ2n) is 4.75. The molecule has 4 heteroatoms. The minimum atomic E-state index is -0.288. The Bertz CT molecular complexity index is 406. The minimum Gasteiger partial charge on any atom is -0.488 e. The van der Waals surface area contributed by atoms with Gasteiger partial charge < -0.3 is 9.84 Å². The molecule has 0 aliphatic heterocycles. The monoisotopic (exact) mass is 304 g/mol. The fourth-order valence-electron chi connectivity index (χ4n) is 1.79. The van der Waals surface area contributed by atoms with Crippen molar-refractivity contribution in [1.82, 2.24) is 0 Å². The van der Waals surface area contributed by atoms with Crippen LogP contribution in [0, 0.1) is 5.41 Å². The average molecular weight is 306 g/mol. The number of hydrogen-bond acceptors (Lipinski definition) is 2. The number of halogens is 2. The van der Waals surface area contributed by atoms with Crippen LogP contribution in [0.2, 0.25) is 5.02 Å². The van der Waals surface area contributed by atoms with Crippen LogP contribution in [0.15, 0.2) is 22.7 Å². The van der Waals surface area contributed by atoms with E-state index in [-0.39, 0.29) is 17.6 Å². The quantitative estimate of drug-likeness (QED) is 0.904. The molecule has 0 heterocycles. The van der Waals surface area contributed by atoms with E-state index in [4.69, 9.17) is 16.3 Å². The fraction of sp³-hybridized carbons (Fsp3) is 0.500. The summed E-state index contributed by atoms with van der Waals surface area (Å²) in [6.07, 6.45) is 0.397. The van der Waals surface area contributed by atoms with E-state index >= 15 is 0 Å². The Hall–Kier alpha value is -0.250. The third kappa shape index (κ3) is 2.08. The predicted octanol–water partition coefficient (Wildman–Crippen LogP) is 3.64. The van der Waals surface area contributed by atoms with E-state index in [1.165, 1.54) is 0 Å². The van der Waals surface area contributed by atoms with Gasteiger partial charge in [0.2, 0.25) is 0 Å². The summed E-state index contributed by atoms with van der Waals surface area (Å²) in [5, 5.41) is 10.2. The second-order valence-corrected chi connectivity index (χ2v) is 6.08. The minimum absolute atomic E-state index is 0.0225. The van der Waals surface area contributed by atoms with Gasteiger partial charge in [-0.15, -0.1) is 0 Å². The third-order valence-electron chi connectivity index (χ3n) is 3.29. The highest BCUT2D eigenvalue weighted by Gasteiger charge is 2.49. The Morgan fingerprint density at radius 1 is 1.50 bits per heavy atom. The van der Waals surface area contributed by atoms with Crippen LogP contribution in [0.5, 0.6) is 5.75 Å². The zero-order chi connectivity index (χ0) is 11.9. The van der Waals surface area contributed by atoms with E-state index in [2.05, 4.69) is 15.9 Å². The molecule has 2 unspecified atom stereocenters. The summed E-state index contributed by atoms with van der Waals surface area (Å²) in [4.78, 5) is 0. The molecule has 1 fully saturated rings. The Balaban J connectivity index is 2.13. The number of rotatable bonds is 2. The number of aliphatic hydroxyl groups excluding tert-OH is 1. The van der Waals surface area contributed by atoms with E-state index in [0.29, 0.717) is 17.2 Å². The zero-order valence-corrected chi connectivity index (χ0v) is 11.5. The predicted molar refractivity (Wildman–Crippen MR) is 68.0 cm³/mol. The molecule has 1 aromatic rings. The first-order chi connectivity index (χ1) is 7.41. The van der Waals surface area contributed by atoms with Gasteiger partial charge >= 0.3 is 0 Å². The van der Waals surface area contributed by atoms with Gasteiger partial charge in [0.15, 0.2) is 0 Å². The molecule has 1 aromatic carbocycles. The first-order valence-corrected chi connectivity index (χ1v) is 6.38. The lowest BCUT2D eigenvalue weighted by atomic mass is 9.66. The molecule has 0 saturated heterocycles. The fourth-order valence-corrected chi connectivity index (χ4v) is 2.29. The van der Waals surface area contributed by atoms with Gasteiger partial charge in [-0.1, -0.05) is 41.4 Å². The lowest BCUT2D eigenvalue weighted by Gasteiger charge is -2.48. The van der Waals surface area contributed by atoms with Crippen molar-refractivity contribution >= 4 is 27.5 Å². The topological polar surface area (TPSA) is 29.5 Å². The smallest absolute Gasteiger partial charge is 0.139 e. The van der Waals surface area contributed by atoms with Gasteiger partial charge in [0.25, 0.3) is 0 Å². The molecule has 1 N–H and O–H groups in total. The summed E-state index contributed by atoms with van der Waals surface area (Å²) >= 11 is 9.42. The molecule has 1 aliphatic rings. The molecule has 2 rings (SSSR count). The summed E-state index contributed by atoms with van der Waals surface area (Å²) in [5.74, 6) is 0.668. The molecule has 2 nitrogen and oxygen atoms in total. The van der Waals surface area contributed by atoms with Gasteiger partial charge in [-0.2, -0.15) is 0 Å². The Labute approximate surface area is 109 Å². The van der Waals surface area contributed by atoms with Crippen LogP contribution in [0.1, 0.15) is 20.3 Å². The molecule has 0 spiro atoms. The van der Waals surface area contributed by atoms with Gasteiger partial charge in [-0.05, 0) is 18.2 Å². The van der Waals surface area contributed by atoms with Crippen molar-refractivity contribution in [3.8, 4) is 5.75 Å². The van der Waals surface area contributed by atoms with Crippen molar-refractivity contribution in [2.24, 2.45) is 5.41 Å². The van der Waals surface area contributed by atoms with Crippen LogP contribution in [0.3, 0.4) is 0 Å². The van der Waals surface area contributed by atoms with Crippen LogP contribution >= 0.6 is 27.5 Å². The molecular weight excluding hydrogens is 291 g/mol. The maximum Gasteiger partial charge on any atom is 0.139 e. The van der Waals surface area contributed by atoms with Crippen LogP contribution in [0.25, 0.3) is 0 Å². The molecule has 16 heavy (non-hydrogen) atoms. The van der Waals surface area contributed by atoms with Gasteiger partial charge in [-0.3, -0.25) is 0 Å². The highest BCUT2D eigenvalue weighted by atomic mass is 79.9. The lowest BCUT2D eigenvalue weighted by molar-refractivity contribution is -0.134. The van der Waals surface area contributed by atoms with E-state index in [9.17, 15) is 5.11 Å². The Morgan fingerprint density at radius 2 is 2.19 bits per heavy atom. The van der Waals surface area contributed by atoms with Crippen molar-refractivity contribution in [2.75, 3.05) is 0 Å².